The average Bonchev–Trinajstić information content (AvgIpc) is 3.00. The van der Waals surface area contributed by atoms with Crippen LogP contribution < -0.4 is 9.47 Å². The highest BCUT2D eigenvalue weighted by Gasteiger charge is 2.19. The molecule has 0 saturated carbocycles. The molecule has 216 valence electrons. The van der Waals surface area contributed by atoms with Crippen LogP contribution in [0.4, 0.5) is 4.39 Å². The quantitative estimate of drug-likeness (QED) is 0.353. The van der Waals surface area contributed by atoms with E-state index in [0.717, 1.165) is 56.7 Å². The summed E-state index contributed by atoms with van der Waals surface area (Å²) >= 11 is 0. The van der Waals surface area contributed by atoms with E-state index in [1.165, 1.54) is 6.07 Å². The number of piperazine rings is 1. The summed E-state index contributed by atoms with van der Waals surface area (Å²) in [6.07, 6.45) is 3.81. The molecule has 0 amide bonds. The Morgan fingerprint density at radius 1 is 1.05 bits per heavy atom. The summed E-state index contributed by atoms with van der Waals surface area (Å²) < 4.78 is 31.9. The molecule has 2 aliphatic rings. The summed E-state index contributed by atoms with van der Waals surface area (Å²) in [6, 6.07) is 15.1. The number of ether oxygens (including phenoxy) is 3. The number of nitriles is 1. The number of rotatable bonds is 10. The highest BCUT2D eigenvalue weighted by atomic mass is 19.1. The van der Waals surface area contributed by atoms with Gasteiger partial charge in [-0.1, -0.05) is 6.07 Å². The lowest BCUT2D eigenvalue weighted by atomic mass is 10.1. The normalized spacial score (nSPS) is 17.0. The molecule has 3 aromatic rings. The molecule has 2 aromatic carbocycles. The van der Waals surface area contributed by atoms with E-state index < -0.39 is 0 Å². The van der Waals surface area contributed by atoms with Gasteiger partial charge in [-0.25, -0.2) is 14.4 Å². The molecule has 3 heterocycles. The van der Waals surface area contributed by atoms with E-state index in [4.69, 9.17) is 19.2 Å². The summed E-state index contributed by atoms with van der Waals surface area (Å²) in [5.74, 6) is 1.05. The average molecular weight is 560 g/mol. The first kappa shape index (κ1) is 28.9. The van der Waals surface area contributed by atoms with Crippen LogP contribution >= 0.6 is 0 Å². The fourth-order valence-corrected chi connectivity index (χ4v) is 5.24. The molecule has 9 heteroatoms. The number of hydrogen-bond donors (Lipinski definition) is 0. The van der Waals surface area contributed by atoms with Gasteiger partial charge in [0.05, 0.1) is 24.5 Å². The molecule has 41 heavy (non-hydrogen) atoms. The molecule has 2 fully saturated rings. The summed E-state index contributed by atoms with van der Waals surface area (Å²) in [5.41, 5.74) is 2.85. The largest absolute Gasteiger partial charge is 0.489 e. The molecule has 0 atom stereocenters. The minimum atomic E-state index is -0.375. The molecule has 0 aliphatic carbocycles. The molecule has 0 spiro atoms. The van der Waals surface area contributed by atoms with Gasteiger partial charge in [0.1, 0.15) is 30.4 Å². The second-order valence-electron chi connectivity index (χ2n) is 10.9. The molecule has 2 saturated heterocycles. The van der Waals surface area contributed by atoms with E-state index in [1.807, 2.05) is 18.2 Å². The van der Waals surface area contributed by atoms with Crippen molar-refractivity contribution in [2.45, 2.75) is 45.3 Å². The maximum Gasteiger partial charge on any atom is 0.165 e. The fourth-order valence-electron chi connectivity index (χ4n) is 5.24. The first-order valence-corrected chi connectivity index (χ1v) is 14.5. The van der Waals surface area contributed by atoms with Crippen LogP contribution in [0.5, 0.6) is 11.5 Å². The van der Waals surface area contributed by atoms with Gasteiger partial charge in [0.2, 0.25) is 0 Å². The van der Waals surface area contributed by atoms with Gasteiger partial charge < -0.3 is 14.2 Å². The number of aromatic nitrogens is 2. The lowest BCUT2D eigenvalue weighted by molar-refractivity contribution is 0.0254. The van der Waals surface area contributed by atoms with E-state index in [0.29, 0.717) is 55.1 Å². The Kier molecular flexibility index (Phi) is 9.78. The van der Waals surface area contributed by atoms with Gasteiger partial charge in [-0.05, 0) is 55.8 Å². The lowest BCUT2D eigenvalue weighted by Gasteiger charge is -2.36. The zero-order valence-electron chi connectivity index (χ0n) is 23.9. The Balaban J connectivity index is 1.20. The Hall–Kier alpha value is -3.58. The number of hydrogen-bond acceptors (Lipinski definition) is 8. The third-order valence-electron chi connectivity index (χ3n) is 7.72. The van der Waals surface area contributed by atoms with Crippen LogP contribution in [0.25, 0.3) is 11.3 Å². The van der Waals surface area contributed by atoms with Crippen LogP contribution in [0, 0.1) is 17.1 Å². The van der Waals surface area contributed by atoms with Crippen LogP contribution in [0.3, 0.4) is 0 Å². The molecule has 0 unspecified atom stereocenters. The van der Waals surface area contributed by atoms with E-state index in [-0.39, 0.29) is 17.7 Å². The predicted molar refractivity (Wildman–Crippen MR) is 155 cm³/mol. The summed E-state index contributed by atoms with van der Waals surface area (Å²) in [7, 11) is 0. The van der Waals surface area contributed by atoms with Crippen molar-refractivity contribution in [3.05, 3.63) is 71.4 Å². The van der Waals surface area contributed by atoms with Gasteiger partial charge in [-0.2, -0.15) is 5.26 Å². The lowest BCUT2D eigenvalue weighted by Crippen LogP contribution is -2.49. The second-order valence-corrected chi connectivity index (χ2v) is 10.9. The fraction of sp³-hybridized carbons (Fsp3) is 0.469. The third kappa shape index (κ3) is 7.79. The van der Waals surface area contributed by atoms with Crippen molar-refractivity contribution >= 4 is 0 Å². The minimum absolute atomic E-state index is 0.0531. The highest BCUT2D eigenvalue weighted by molar-refractivity contribution is 5.64. The third-order valence-corrected chi connectivity index (χ3v) is 7.72. The number of nitrogens with zero attached hydrogens (tertiary/aromatic N) is 5. The Morgan fingerprint density at radius 3 is 2.61 bits per heavy atom. The predicted octanol–water partition coefficient (Wildman–Crippen LogP) is 4.71. The molecule has 5 rings (SSSR count). The maximum atomic E-state index is 14.5. The van der Waals surface area contributed by atoms with Crippen LogP contribution in [0.2, 0.25) is 0 Å². The minimum Gasteiger partial charge on any atom is -0.489 e. The Labute approximate surface area is 241 Å². The van der Waals surface area contributed by atoms with Gasteiger partial charge in [0.15, 0.2) is 11.6 Å². The van der Waals surface area contributed by atoms with Crippen molar-refractivity contribution in [1.29, 1.82) is 5.26 Å². The Morgan fingerprint density at radius 2 is 1.85 bits per heavy atom. The van der Waals surface area contributed by atoms with Crippen molar-refractivity contribution in [3.8, 4) is 28.8 Å². The Bertz CT molecular complexity index is 1350. The molecular formula is C32H38FN5O3. The van der Waals surface area contributed by atoms with E-state index in [9.17, 15) is 9.65 Å². The van der Waals surface area contributed by atoms with Gasteiger partial charge in [-0.3, -0.25) is 9.80 Å². The second kappa shape index (κ2) is 13.9. The van der Waals surface area contributed by atoms with Crippen molar-refractivity contribution < 1.29 is 18.6 Å². The van der Waals surface area contributed by atoms with E-state index in [2.05, 4.69) is 34.7 Å². The molecule has 0 N–H and O–H groups in total. The van der Waals surface area contributed by atoms with Crippen molar-refractivity contribution in [2.75, 3.05) is 52.5 Å². The van der Waals surface area contributed by atoms with Crippen LogP contribution in [-0.4, -0.2) is 84.5 Å². The van der Waals surface area contributed by atoms with Crippen LogP contribution in [-0.2, 0) is 11.2 Å². The smallest absolute Gasteiger partial charge is 0.165 e. The highest BCUT2D eigenvalue weighted by Crippen LogP contribution is 2.28. The maximum absolute atomic E-state index is 14.5. The van der Waals surface area contributed by atoms with Gasteiger partial charge in [0.25, 0.3) is 0 Å². The number of benzene rings is 2. The summed E-state index contributed by atoms with van der Waals surface area (Å²) in [4.78, 5) is 14.0. The van der Waals surface area contributed by atoms with Crippen molar-refractivity contribution in [3.63, 3.8) is 0 Å². The first-order valence-electron chi connectivity index (χ1n) is 14.5. The molecule has 2 aliphatic heterocycles. The van der Waals surface area contributed by atoms with E-state index in [1.54, 1.807) is 24.4 Å². The topological polar surface area (TPSA) is 83.7 Å². The van der Waals surface area contributed by atoms with Crippen LogP contribution in [0.15, 0.2) is 48.7 Å². The first-order chi connectivity index (χ1) is 20.0. The summed E-state index contributed by atoms with van der Waals surface area (Å²) in [6.45, 7) is 11.1. The van der Waals surface area contributed by atoms with Crippen molar-refractivity contribution in [1.82, 2.24) is 19.8 Å². The summed E-state index contributed by atoms with van der Waals surface area (Å²) in [5, 5.41) is 9.75. The van der Waals surface area contributed by atoms with Gasteiger partial charge in [0, 0.05) is 69.8 Å². The SMILES string of the molecule is CC(C)N1CCN(CCOc2cc(Cc3nccc(-c4ccc(OC5CCOCC5)c(C#N)c4)n3)ccc2F)CC1. The van der Waals surface area contributed by atoms with Gasteiger partial charge in [-0.15, -0.1) is 0 Å². The molecule has 8 nitrogen and oxygen atoms in total. The molecule has 1 aromatic heterocycles. The zero-order chi connectivity index (χ0) is 28.6. The molecule has 0 radical (unpaired) electrons. The zero-order valence-corrected chi connectivity index (χ0v) is 23.9. The van der Waals surface area contributed by atoms with E-state index >= 15 is 0 Å². The monoisotopic (exact) mass is 559 g/mol. The van der Waals surface area contributed by atoms with Crippen molar-refractivity contribution in [2.24, 2.45) is 0 Å². The molecular weight excluding hydrogens is 521 g/mol. The number of halogens is 1. The van der Waals surface area contributed by atoms with Gasteiger partial charge >= 0.3 is 0 Å². The standard InChI is InChI=1S/C32H38FN5O3/c1-23(2)38-13-11-37(12-14-38)15-18-40-31-19-24(3-5-28(31)33)20-32-35-10-7-29(36-32)25-4-6-30(26(21-25)22-34)41-27-8-16-39-17-9-27/h3-7,10,19,21,23,27H,8-9,11-18,20H2,1-2H3. The molecule has 0 bridgehead atoms. The van der Waals surface area contributed by atoms with Crippen LogP contribution in [0.1, 0.15) is 43.6 Å².